The van der Waals surface area contributed by atoms with E-state index in [4.69, 9.17) is 10.5 Å². The number of esters is 1. The Balaban J connectivity index is 1.57. The monoisotopic (exact) mass is 512 g/mol. The molecule has 0 radical (unpaired) electrons. The van der Waals surface area contributed by atoms with Gasteiger partial charge in [0.05, 0.1) is 15.8 Å². The smallest absolute Gasteiger partial charge is 0.417 e. The molecule has 0 saturated heterocycles. The number of nitrogens with zero attached hydrogens (tertiary/aromatic N) is 1. The van der Waals surface area contributed by atoms with Crippen LogP contribution in [0.5, 0.6) is 0 Å². The molecule has 0 bridgehead atoms. The Kier molecular flexibility index (Phi) is 7.20. The zero-order valence-electron chi connectivity index (χ0n) is 20.2. The van der Waals surface area contributed by atoms with Crippen molar-refractivity contribution in [3.05, 3.63) is 77.9 Å². The normalized spacial score (nSPS) is 13.1. The minimum atomic E-state index is -4.50. The van der Waals surface area contributed by atoms with E-state index in [1.165, 1.54) is 23.5 Å². The molecule has 1 aromatic heterocycles. The van der Waals surface area contributed by atoms with Gasteiger partial charge in [-0.15, -0.1) is 11.3 Å². The van der Waals surface area contributed by atoms with E-state index in [0.29, 0.717) is 34.5 Å². The summed E-state index contributed by atoms with van der Waals surface area (Å²) in [4.78, 5) is 16.7. The first-order valence-corrected chi connectivity index (χ1v) is 12.4. The number of carbonyl (C=O) groups excluding carboxylic acids is 1. The molecule has 3 aromatic carbocycles. The zero-order valence-corrected chi connectivity index (χ0v) is 21.0. The first-order valence-electron chi connectivity index (χ1n) is 11.6. The molecule has 4 aromatic rings. The summed E-state index contributed by atoms with van der Waals surface area (Å²) in [6, 6.07) is 17.8. The van der Waals surface area contributed by atoms with Crippen LogP contribution in [0.15, 0.2) is 66.7 Å². The van der Waals surface area contributed by atoms with Crippen molar-refractivity contribution >= 4 is 27.5 Å². The third-order valence-electron chi connectivity index (χ3n) is 5.56. The predicted molar refractivity (Wildman–Crippen MR) is 138 cm³/mol. The van der Waals surface area contributed by atoms with Crippen molar-refractivity contribution in [3.8, 4) is 21.7 Å². The van der Waals surface area contributed by atoms with Crippen LogP contribution < -0.4 is 5.73 Å². The van der Waals surface area contributed by atoms with Crippen LogP contribution >= 0.6 is 11.3 Å². The average Bonchev–Trinajstić information content (AvgIpc) is 3.24. The van der Waals surface area contributed by atoms with Crippen molar-refractivity contribution in [2.75, 3.05) is 0 Å². The molecule has 0 saturated carbocycles. The van der Waals surface area contributed by atoms with Crippen molar-refractivity contribution in [2.24, 2.45) is 5.73 Å². The van der Waals surface area contributed by atoms with Crippen molar-refractivity contribution in [1.29, 1.82) is 0 Å². The number of nitrogens with two attached hydrogens (primary N) is 1. The third-order valence-corrected chi connectivity index (χ3v) is 6.63. The average molecular weight is 513 g/mol. The fourth-order valence-corrected chi connectivity index (χ4v) is 4.87. The van der Waals surface area contributed by atoms with E-state index in [-0.39, 0.29) is 5.56 Å². The number of ether oxygens (including phenoxy) is 1. The van der Waals surface area contributed by atoms with E-state index >= 15 is 0 Å². The van der Waals surface area contributed by atoms with Crippen LogP contribution in [0.4, 0.5) is 13.2 Å². The highest BCUT2D eigenvalue weighted by atomic mass is 32.1. The van der Waals surface area contributed by atoms with Gasteiger partial charge in [-0.05, 0) is 68.5 Å². The topological polar surface area (TPSA) is 65.2 Å². The van der Waals surface area contributed by atoms with Crippen molar-refractivity contribution in [1.82, 2.24) is 4.98 Å². The van der Waals surface area contributed by atoms with Gasteiger partial charge in [0.25, 0.3) is 0 Å². The van der Waals surface area contributed by atoms with Crippen LogP contribution in [0.3, 0.4) is 0 Å². The number of fused-ring (bicyclic) bond motifs is 1. The number of hydrogen-bond acceptors (Lipinski definition) is 5. The Morgan fingerprint density at radius 3 is 2.39 bits per heavy atom. The molecule has 4 rings (SSSR count). The lowest BCUT2D eigenvalue weighted by molar-refractivity contribution is -0.156. The molecule has 0 spiro atoms. The van der Waals surface area contributed by atoms with Gasteiger partial charge in [0, 0.05) is 5.56 Å². The quantitative estimate of drug-likeness (QED) is 0.276. The van der Waals surface area contributed by atoms with E-state index in [1.54, 1.807) is 57.2 Å². The molecule has 0 aliphatic rings. The van der Waals surface area contributed by atoms with Crippen LogP contribution in [-0.4, -0.2) is 22.6 Å². The highest BCUT2D eigenvalue weighted by Gasteiger charge is 2.34. The molecule has 0 aliphatic carbocycles. The van der Waals surface area contributed by atoms with Crippen LogP contribution in [0.2, 0.25) is 0 Å². The molecule has 0 amide bonds. The second-order valence-electron chi connectivity index (χ2n) is 9.62. The van der Waals surface area contributed by atoms with Crippen molar-refractivity contribution in [3.63, 3.8) is 0 Å². The van der Waals surface area contributed by atoms with Crippen molar-refractivity contribution in [2.45, 2.75) is 51.4 Å². The Morgan fingerprint density at radius 1 is 1.00 bits per heavy atom. The Hall–Kier alpha value is -3.23. The van der Waals surface area contributed by atoms with E-state index in [9.17, 15) is 18.0 Å². The molecule has 36 heavy (non-hydrogen) atoms. The highest BCUT2D eigenvalue weighted by molar-refractivity contribution is 7.21. The molecule has 0 aliphatic heterocycles. The summed E-state index contributed by atoms with van der Waals surface area (Å²) in [5, 5.41) is 0.512. The molecule has 2 N–H and O–H groups in total. The van der Waals surface area contributed by atoms with Gasteiger partial charge >= 0.3 is 12.1 Å². The number of thiazole rings is 1. The van der Waals surface area contributed by atoms with Gasteiger partial charge in [0.2, 0.25) is 0 Å². The van der Waals surface area contributed by atoms with Gasteiger partial charge in [-0.25, -0.2) is 4.98 Å². The van der Waals surface area contributed by atoms with Gasteiger partial charge in [-0.1, -0.05) is 48.5 Å². The van der Waals surface area contributed by atoms with E-state index in [2.05, 4.69) is 4.98 Å². The highest BCUT2D eigenvalue weighted by Crippen LogP contribution is 2.40. The summed E-state index contributed by atoms with van der Waals surface area (Å²) in [7, 11) is 0. The van der Waals surface area contributed by atoms with E-state index < -0.39 is 29.4 Å². The molecule has 1 atom stereocenters. The first kappa shape index (κ1) is 25.9. The lowest BCUT2D eigenvalue weighted by Gasteiger charge is -2.22. The summed E-state index contributed by atoms with van der Waals surface area (Å²) in [5.74, 6) is -0.442. The lowest BCUT2D eigenvalue weighted by Crippen LogP contribution is -2.37. The number of halogens is 3. The maximum absolute atomic E-state index is 13.9. The lowest BCUT2D eigenvalue weighted by atomic mass is 9.97. The number of rotatable bonds is 6. The Bertz CT molecular complexity index is 1380. The SMILES string of the molecule is CC(C)(C)OC(=O)C(N)CCc1ccc2nc(-c3ccc(-c4ccccc4)c(C(F)(F)F)c3)sc2c1. The summed E-state index contributed by atoms with van der Waals surface area (Å²) in [6.45, 7) is 5.37. The van der Waals surface area contributed by atoms with E-state index in [0.717, 1.165) is 10.3 Å². The number of benzene rings is 3. The number of carbonyl (C=O) groups is 1. The summed E-state index contributed by atoms with van der Waals surface area (Å²) < 4.78 is 48.0. The van der Waals surface area contributed by atoms with Gasteiger partial charge in [-0.2, -0.15) is 13.2 Å². The molecule has 4 nitrogen and oxygen atoms in total. The van der Waals surface area contributed by atoms with Crippen LogP contribution in [0, 0.1) is 0 Å². The van der Waals surface area contributed by atoms with Crippen LogP contribution in [-0.2, 0) is 22.1 Å². The largest absolute Gasteiger partial charge is 0.459 e. The number of aryl methyl sites for hydroxylation is 1. The second kappa shape index (κ2) is 10.0. The predicted octanol–water partition coefficient (Wildman–Crippen LogP) is 7.25. The van der Waals surface area contributed by atoms with Crippen molar-refractivity contribution < 1.29 is 22.7 Å². The standard InChI is InChI=1S/C28H27F3N2O2S/c1-27(2,3)35-26(34)22(32)13-9-17-10-14-23-24(15-17)36-25(33-23)19-11-12-20(18-7-5-4-6-8-18)21(16-19)28(29,30)31/h4-8,10-12,14-16,22H,9,13,32H2,1-3H3. The number of aromatic nitrogens is 1. The van der Waals surface area contributed by atoms with Gasteiger partial charge in [0.15, 0.2) is 0 Å². The fraction of sp³-hybridized carbons (Fsp3) is 0.286. The molecular formula is C28H27F3N2O2S. The first-order chi connectivity index (χ1) is 16.9. The number of hydrogen-bond donors (Lipinski definition) is 1. The second-order valence-corrected chi connectivity index (χ2v) is 10.7. The van der Waals surface area contributed by atoms with Gasteiger partial charge in [-0.3, -0.25) is 4.79 Å². The Labute approximate surface area is 211 Å². The Morgan fingerprint density at radius 2 is 1.72 bits per heavy atom. The molecular weight excluding hydrogens is 485 g/mol. The number of alkyl halides is 3. The van der Waals surface area contributed by atoms with Gasteiger partial charge < -0.3 is 10.5 Å². The molecule has 1 heterocycles. The summed E-state index contributed by atoms with van der Waals surface area (Å²) >= 11 is 1.33. The fourth-order valence-electron chi connectivity index (χ4n) is 3.85. The molecule has 188 valence electrons. The summed E-state index contributed by atoms with van der Waals surface area (Å²) in [6.07, 6.45) is -3.52. The minimum absolute atomic E-state index is 0.136. The molecule has 1 unspecified atom stereocenters. The van der Waals surface area contributed by atoms with E-state index in [1.807, 2.05) is 18.2 Å². The minimum Gasteiger partial charge on any atom is -0.459 e. The molecule has 0 fully saturated rings. The van der Waals surface area contributed by atoms with Crippen LogP contribution in [0.25, 0.3) is 31.9 Å². The van der Waals surface area contributed by atoms with Gasteiger partial charge in [0.1, 0.15) is 16.7 Å². The molecule has 8 heteroatoms. The third kappa shape index (κ3) is 6.12. The maximum atomic E-state index is 13.9. The zero-order chi connectivity index (χ0) is 26.1. The van der Waals surface area contributed by atoms with Crippen LogP contribution in [0.1, 0.15) is 38.3 Å². The maximum Gasteiger partial charge on any atom is 0.417 e. The summed E-state index contributed by atoms with van der Waals surface area (Å²) in [5.41, 5.74) is 7.43.